The van der Waals surface area contributed by atoms with Crippen molar-refractivity contribution in [3.63, 3.8) is 0 Å². The Balaban J connectivity index is 1.80. The van der Waals surface area contributed by atoms with Gasteiger partial charge in [0.05, 0.1) is 11.7 Å². The second-order valence-corrected chi connectivity index (χ2v) is 5.65. The van der Waals surface area contributed by atoms with Crippen molar-refractivity contribution < 1.29 is 9.90 Å². The molecule has 1 aliphatic rings. The number of carbonyl (C=O) groups is 1. The smallest absolute Gasteiger partial charge is 0.253 e. The van der Waals surface area contributed by atoms with E-state index in [1.807, 2.05) is 31.2 Å². The summed E-state index contributed by atoms with van der Waals surface area (Å²) in [4.78, 5) is 15.7. The number of aliphatic hydroxyl groups excluding tert-OH is 1. The first-order chi connectivity index (χ1) is 9.65. The van der Waals surface area contributed by atoms with Crippen LogP contribution in [-0.2, 0) is 0 Å². The second kappa shape index (κ2) is 5.29. The third kappa shape index (κ3) is 2.43. The number of aryl methyl sites for hydroxylation is 1. The number of amides is 1. The third-order valence-corrected chi connectivity index (χ3v) is 4.15. The van der Waals surface area contributed by atoms with Crippen molar-refractivity contribution in [2.45, 2.75) is 44.8 Å². The Morgan fingerprint density at radius 2 is 1.95 bits per heavy atom. The fourth-order valence-corrected chi connectivity index (χ4v) is 3.05. The van der Waals surface area contributed by atoms with E-state index in [4.69, 9.17) is 0 Å². The van der Waals surface area contributed by atoms with Gasteiger partial charge >= 0.3 is 0 Å². The number of nitrogens with one attached hydrogen (secondary N) is 2. The highest BCUT2D eigenvalue weighted by Crippen LogP contribution is 2.23. The van der Waals surface area contributed by atoms with Crippen molar-refractivity contribution in [2.75, 3.05) is 0 Å². The Morgan fingerprint density at radius 3 is 2.70 bits per heavy atom. The lowest BCUT2D eigenvalue weighted by atomic mass is 9.93. The number of hydrogen-bond acceptors (Lipinski definition) is 2. The summed E-state index contributed by atoms with van der Waals surface area (Å²) in [5, 5.41) is 13.6. The molecule has 106 valence electrons. The van der Waals surface area contributed by atoms with Crippen LogP contribution in [0, 0.1) is 6.92 Å². The zero-order chi connectivity index (χ0) is 14.1. The van der Waals surface area contributed by atoms with Crippen molar-refractivity contribution in [1.82, 2.24) is 10.3 Å². The van der Waals surface area contributed by atoms with Crippen LogP contribution < -0.4 is 5.32 Å². The first-order valence-corrected chi connectivity index (χ1v) is 7.21. The molecular formula is C16H20N2O2. The Labute approximate surface area is 118 Å². The summed E-state index contributed by atoms with van der Waals surface area (Å²) in [6.07, 6.45) is 3.07. The molecule has 0 radical (unpaired) electrons. The number of hydrogen-bond donors (Lipinski definition) is 3. The molecule has 20 heavy (non-hydrogen) atoms. The molecule has 4 nitrogen and oxygen atoms in total. The number of benzene rings is 1. The standard InChI is InChI=1S/C16H20N2O2/c1-10-15(13-4-2-3-5-14(13)17-10)16(20)18-11-6-8-12(19)9-7-11/h2-5,11-12,17,19H,6-9H2,1H3,(H,18,20). The quantitative estimate of drug-likeness (QED) is 0.786. The van der Waals surface area contributed by atoms with Gasteiger partial charge in [0.15, 0.2) is 0 Å². The van der Waals surface area contributed by atoms with E-state index < -0.39 is 0 Å². The number of fused-ring (bicyclic) bond motifs is 1. The molecule has 1 aliphatic carbocycles. The molecule has 3 rings (SSSR count). The molecule has 0 spiro atoms. The molecule has 0 saturated heterocycles. The summed E-state index contributed by atoms with van der Waals surface area (Å²) in [5.74, 6) is -0.0126. The highest BCUT2D eigenvalue weighted by atomic mass is 16.3. The number of aromatic amines is 1. The minimum Gasteiger partial charge on any atom is -0.393 e. The third-order valence-electron chi connectivity index (χ3n) is 4.15. The Morgan fingerprint density at radius 1 is 1.25 bits per heavy atom. The number of aromatic nitrogens is 1. The molecule has 1 aromatic carbocycles. The van der Waals surface area contributed by atoms with Gasteiger partial charge in [0.1, 0.15) is 0 Å². The molecule has 1 heterocycles. The van der Waals surface area contributed by atoms with Crippen molar-refractivity contribution in [3.05, 3.63) is 35.5 Å². The lowest BCUT2D eigenvalue weighted by molar-refractivity contribution is 0.0868. The molecule has 1 amide bonds. The maximum atomic E-state index is 12.5. The van der Waals surface area contributed by atoms with Gasteiger partial charge in [0, 0.05) is 22.6 Å². The first-order valence-electron chi connectivity index (χ1n) is 7.21. The van der Waals surface area contributed by atoms with Gasteiger partial charge in [0.2, 0.25) is 0 Å². The van der Waals surface area contributed by atoms with Crippen LogP contribution in [0.2, 0.25) is 0 Å². The van der Waals surface area contributed by atoms with Crippen LogP contribution in [0.15, 0.2) is 24.3 Å². The minimum atomic E-state index is -0.196. The maximum Gasteiger partial charge on any atom is 0.253 e. The normalized spacial score (nSPS) is 22.9. The van der Waals surface area contributed by atoms with Gasteiger partial charge in [-0.25, -0.2) is 0 Å². The van der Waals surface area contributed by atoms with Gasteiger partial charge in [-0.2, -0.15) is 0 Å². The van der Waals surface area contributed by atoms with E-state index in [1.54, 1.807) is 0 Å². The summed E-state index contributed by atoms with van der Waals surface area (Å²) in [7, 11) is 0. The first kappa shape index (κ1) is 13.2. The topological polar surface area (TPSA) is 65.1 Å². The van der Waals surface area contributed by atoms with Crippen LogP contribution in [0.5, 0.6) is 0 Å². The van der Waals surface area contributed by atoms with Gasteiger partial charge in [-0.3, -0.25) is 4.79 Å². The second-order valence-electron chi connectivity index (χ2n) is 5.65. The van der Waals surface area contributed by atoms with Gasteiger partial charge in [0.25, 0.3) is 5.91 Å². The average Bonchev–Trinajstić information content (AvgIpc) is 2.77. The summed E-state index contributed by atoms with van der Waals surface area (Å²) in [6.45, 7) is 1.93. The average molecular weight is 272 g/mol. The number of aliphatic hydroxyl groups is 1. The van der Waals surface area contributed by atoms with Crippen molar-refractivity contribution in [3.8, 4) is 0 Å². The predicted octanol–water partition coefficient (Wildman–Crippen LogP) is 2.51. The van der Waals surface area contributed by atoms with E-state index >= 15 is 0 Å². The number of carbonyl (C=O) groups excluding carboxylic acids is 1. The van der Waals surface area contributed by atoms with E-state index in [2.05, 4.69) is 10.3 Å². The number of para-hydroxylation sites is 1. The van der Waals surface area contributed by atoms with Crippen LogP contribution in [0.4, 0.5) is 0 Å². The fraction of sp³-hybridized carbons (Fsp3) is 0.438. The van der Waals surface area contributed by atoms with E-state index in [9.17, 15) is 9.90 Å². The molecule has 0 unspecified atom stereocenters. The number of rotatable bonds is 2. The van der Waals surface area contributed by atoms with Gasteiger partial charge in [-0.1, -0.05) is 18.2 Å². The lowest BCUT2D eigenvalue weighted by Crippen LogP contribution is -2.38. The van der Waals surface area contributed by atoms with E-state index in [1.165, 1.54) is 0 Å². The molecule has 0 bridgehead atoms. The van der Waals surface area contributed by atoms with Crippen LogP contribution in [-0.4, -0.2) is 28.1 Å². The number of H-pyrrole nitrogens is 1. The minimum absolute atomic E-state index is 0.0126. The largest absolute Gasteiger partial charge is 0.393 e. The van der Waals surface area contributed by atoms with Crippen LogP contribution in [0.1, 0.15) is 41.7 Å². The SMILES string of the molecule is Cc1[nH]c2ccccc2c1C(=O)NC1CCC(O)CC1. The highest BCUT2D eigenvalue weighted by Gasteiger charge is 2.23. The van der Waals surface area contributed by atoms with Crippen molar-refractivity contribution in [1.29, 1.82) is 0 Å². The molecular weight excluding hydrogens is 252 g/mol. The van der Waals surface area contributed by atoms with Crippen molar-refractivity contribution >= 4 is 16.8 Å². The molecule has 0 atom stereocenters. The molecule has 4 heteroatoms. The van der Waals surface area contributed by atoms with Gasteiger partial charge < -0.3 is 15.4 Å². The fourth-order valence-electron chi connectivity index (χ4n) is 3.05. The Kier molecular flexibility index (Phi) is 3.49. The Hall–Kier alpha value is -1.81. The predicted molar refractivity (Wildman–Crippen MR) is 78.8 cm³/mol. The summed E-state index contributed by atoms with van der Waals surface area (Å²) >= 11 is 0. The molecule has 3 N–H and O–H groups in total. The molecule has 1 aromatic heterocycles. The van der Waals surface area contributed by atoms with Crippen LogP contribution in [0.3, 0.4) is 0 Å². The lowest BCUT2D eigenvalue weighted by Gasteiger charge is -2.26. The molecule has 2 aromatic rings. The van der Waals surface area contributed by atoms with Gasteiger partial charge in [-0.15, -0.1) is 0 Å². The van der Waals surface area contributed by atoms with Gasteiger partial charge in [-0.05, 0) is 38.7 Å². The van der Waals surface area contributed by atoms with E-state index in [0.29, 0.717) is 0 Å². The molecule has 1 fully saturated rings. The zero-order valence-corrected chi connectivity index (χ0v) is 11.6. The zero-order valence-electron chi connectivity index (χ0n) is 11.6. The maximum absolute atomic E-state index is 12.5. The van der Waals surface area contributed by atoms with Crippen molar-refractivity contribution in [2.24, 2.45) is 0 Å². The van der Waals surface area contributed by atoms with E-state index in [0.717, 1.165) is 47.8 Å². The monoisotopic (exact) mass is 272 g/mol. The molecule has 0 aliphatic heterocycles. The summed E-state index contributed by atoms with van der Waals surface area (Å²) in [6, 6.07) is 8.04. The molecule has 1 saturated carbocycles. The highest BCUT2D eigenvalue weighted by molar-refractivity contribution is 6.08. The van der Waals surface area contributed by atoms with E-state index in [-0.39, 0.29) is 18.1 Å². The Bertz CT molecular complexity index is 624. The summed E-state index contributed by atoms with van der Waals surface area (Å²) < 4.78 is 0. The van der Waals surface area contributed by atoms with Crippen LogP contribution in [0.25, 0.3) is 10.9 Å². The van der Waals surface area contributed by atoms with Crippen LogP contribution >= 0.6 is 0 Å². The summed E-state index contributed by atoms with van der Waals surface area (Å²) in [5.41, 5.74) is 2.64.